The van der Waals surface area contributed by atoms with Gasteiger partial charge in [-0.2, -0.15) is 0 Å². The van der Waals surface area contributed by atoms with Gasteiger partial charge in [0.15, 0.2) is 0 Å². The second-order valence-electron chi connectivity index (χ2n) is 9.11. The van der Waals surface area contributed by atoms with E-state index < -0.39 is 11.6 Å². The van der Waals surface area contributed by atoms with Crippen molar-refractivity contribution in [2.24, 2.45) is 14.1 Å². The lowest BCUT2D eigenvalue weighted by Gasteiger charge is -2.39. The zero-order valence-electron chi connectivity index (χ0n) is 19.5. The van der Waals surface area contributed by atoms with Crippen LogP contribution in [-0.4, -0.2) is 27.4 Å². The number of para-hydroxylation sites is 1. The quantitative estimate of drug-likeness (QED) is 0.484. The van der Waals surface area contributed by atoms with E-state index in [1.807, 2.05) is 54.6 Å². The van der Waals surface area contributed by atoms with Crippen molar-refractivity contribution in [2.75, 3.05) is 13.7 Å². The lowest BCUT2D eigenvalue weighted by molar-refractivity contribution is -0.00799. The van der Waals surface area contributed by atoms with Crippen molar-refractivity contribution in [3.8, 4) is 17.0 Å². The second-order valence-corrected chi connectivity index (χ2v) is 9.11. The van der Waals surface area contributed by atoms with E-state index in [4.69, 9.17) is 9.47 Å². The van der Waals surface area contributed by atoms with Crippen LogP contribution in [0, 0.1) is 0 Å². The van der Waals surface area contributed by atoms with Crippen molar-refractivity contribution < 1.29 is 9.47 Å². The summed E-state index contributed by atoms with van der Waals surface area (Å²) in [5.41, 5.74) is 2.78. The molecule has 1 aliphatic rings. The molecule has 7 heteroatoms. The zero-order chi connectivity index (χ0) is 23.5. The molecule has 33 heavy (non-hydrogen) atoms. The maximum atomic E-state index is 13.6. The summed E-state index contributed by atoms with van der Waals surface area (Å²) in [6.45, 7) is 4.60. The van der Waals surface area contributed by atoms with Gasteiger partial charge in [-0.05, 0) is 25.5 Å². The fourth-order valence-corrected chi connectivity index (χ4v) is 4.99. The molecule has 0 saturated heterocycles. The standard InChI is InChI=1S/C26H27N3O4/c1-26(2)15-33-23(17-13-9-10-14-18(17)32-5)22-21-19(24(30)28(4)25(31)27(21)3)20(29(22)26)16-11-7-6-8-12-16/h6-14,23H,15H2,1-5H3/t23-/m1/s1. The molecular weight excluding hydrogens is 418 g/mol. The third-order valence-corrected chi connectivity index (χ3v) is 6.53. The van der Waals surface area contributed by atoms with Gasteiger partial charge in [0.2, 0.25) is 0 Å². The Morgan fingerprint density at radius 3 is 2.33 bits per heavy atom. The van der Waals surface area contributed by atoms with Crippen molar-refractivity contribution >= 4 is 10.9 Å². The summed E-state index contributed by atoms with van der Waals surface area (Å²) in [6, 6.07) is 17.6. The highest BCUT2D eigenvalue weighted by Gasteiger charge is 2.41. The molecular formula is C26H27N3O4. The first-order valence-electron chi connectivity index (χ1n) is 10.9. The number of benzene rings is 2. The van der Waals surface area contributed by atoms with Crippen LogP contribution in [0.4, 0.5) is 0 Å². The molecule has 0 fully saturated rings. The van der Waals surface area contributed by atoms with Crippen molar-refractivity contribution in [2.45, 2.75) is 25.5 Å². The fourth-order valence-electron chi connectivity index (χ4n) is 4.99. The number of aryl methyl sites for hydroxylation is 1. The number of hydrogen-bond acceptors (Lipinski definition) is 4. The summed E-state index contributed by atoms with van der Waals surface area (Å²) in [5.74, 6) is 0.693. The van der Waals surface area contributed by atoms with Gasteiger partial charge in [0.1, 0.15) is 11.9 Å². The van der Waals surface area contributed by atoms with Crippen LogP contribution in [0.1, 0.15) is 31.2 Å². The molecule has 0 aliphatic carbocycles. The van der Waals surface area contributed by atoms with E-state index in [1.54, 1.807) is 18.7 Å². The predicted octanol–water partition coefficient (Wildman–Crippen LogP) is 3.57. The summed E-state index contributed by atoms with van der Waals surface area (Å²) >= 11 is 0. The minimum absolute atomic E-state index is 0.316. The first-order valence-corrected chi connectivity index (χ1v) is 10.9. The number of rotatable bonds is 3. The number of fused-ring (bicyclic) bond motifs is 3. The molecule has 0 saturated carbocycles. The Bertz CT molecular complexity index is 1490. The summed E-state index contributed by atoms with van der Waals surface area (Å²) in [4.78, 5) is 26.6. The van der Waals surface area contributed by atoms with E-state index in [-0.39, 0.29) is 11.2 Å². The van der Waals surface area contributed by atoms with Crippen LogP contribution < -0.4 is 16.0 Å². The molecule has 7 nitrogen and oxygen atoms in total. The highest BCUT2D eigenvalue weighted by atomic mass is 16.5. The molecule has 0 N–H and O–H groups in total. The molecule has 0 amide bonds. The Labute approximate surface area is 191 Å². The highest BCUT2D eigenvalue weighted by Crippen LogP contribution is 2.46. The number of hydrogen-bond donors (Lipinski definition) is 0. The smallest absolute Gasteiger partial charge is 0.331 e. The summed E-state index contributed by atoms with van der Waals surface area (Å²) in [6.07, 6.45) is -0.508. The maximum absolute atomic E-state index is 13.6. The van der Waals surface area contributed by atoms with Gasteiger partial charge < -0.3 is 14.0 Å². The lowest BCUT2D eigenvalue weighted by atomic mass is 9.97. The molecule has 0 bridgehead atoms. The normalized spacial score (nSPS) is 17.2. The Hall–Kier alpha value is -3.58. The van der Waals surface area contributed by atoms with Crippen LogP contribution in [-0.2, 0) is 24.4 Å². The summed E-state index contributed by atoms with van der Waals surface area (Å²) in [5, 5.41) is 0.513. The largest absolute Gasteiger partial charge is 0.496 e. The zero-order valence-corrected chi connectivity index (χ0v) is 19.5. The molecule has 3 heterocycles. The number of methoxy groups -OCH3 is 1. The van der Waals surface area contributed by atoms with Crippen LogP contribution in [0.2, 0.25) is 0 Å². The van der Waals surface area contributed by atoms with Crippen molar-refractivity contribution in [1.82, 2.24) is 13.7 Å². The molecule has 4 aromatic rings. The molecule has 170 valence electrons. The predicted molar refractivity (Wildman–Crippen MR) is 128 cm³/mol. The molecule has 1 atom stereocenters. The van der Waals surface area contributed by atoms with Crippen LogP contribution in [0.25, 0.3) is 22.2 Å². The SMILES string of the molecule is COc1ccccc1[C@H]1OCC(C)(C)n2c(-c3ccccc3)c3c(=O)n(C)c(=O)n(C)c3c21. The van der Waals surface area contributed by atoms with Crippen molar-refractivity contribution in [3.63, 3.8) is 0 Å². The summed E-state index contributed by atoms with van der Waals surface area (Å²) in [7, 11) is 4.86. The highest BCUT2D eigenvalue weighted by molar-refractivity contribution is 5.96. The third-order valence-electron chi connectivity index (χ3n) is 6.53. The van der Waals surface area contributed by atoms with Crippen LogP contribution in [0.3, 0.4) is 0 Å². The van der Waals surface area contributed by atoms with Gasteiger partial charge >= 0.3 is 5.69 Å². The number of ether oxygens (including phenoxy) is 2. The number of nitrogens with zero attached hydrogens (tertiary/aromatic N) is 3. The monoisotopic (exact) mass is 445 g/mol. The molecule has 0 unspecified atom stereocenters. The molecule has 1 aliphatic heterocycles. The Morgan fingerprint density at radius 2 is 1.64 bits per heavy atom. The minimum atomic E-state index is -0.508. The van der Waals surface area contributed by atoms with E-state index in [9.17, 15) is 9.59 Å². The molecule has 2 aromatic heterocycles. The second kappa shape index (κ2) is 7.49. The Kier molecular flexibility index (Phi) is 4.83. The van der Waals surface area contributed by atoms with Gasteiger partial charge in [-0.15, -0.1) is 0 Å². The molecule has 0 spiro atoms. The third kappa shape index (κ3) is 2.99. The Balaban J connectivity index is 2.02. The van der Waals surface area contributed by atoms with Crippen LogP contribution in [0.5, 0.6) is 5.75 Å². The van der Waals surface area contributed by atoms with E-state index in [1.165, 1.54) is 11.6 Å². The van der Waals surface area contributed by atoms with Gasteiger partial charge in [-0.1, -0.05) is 48.5 Å². The molecule has 5 rings (SSSR count). The van der Waals surface area contributed by atoms with E-state index in [0.717, 1.165) is 22.5 Å². The average Bonchev–Trinajstić information content (AvgIpc) is 3.20. The van der Waals surface area contributed by atoms with E-state index in [2.05, 4.69) is 18.4 Å². The summed E-state index contributed by atoms with van der Waals surface area (Å²) < 4.78 is 17.0. The van der Waals surface area contributed by atoms with E-state index in [0.29, 0.717) is 23.3 Å². The molecule has 2 aromatic carbocycles. The first kappa shape index (κ1) is 21.3. The number of aromatic nitrogens is 3. The van der Waals surface area contributed by atoms with Gasteiger partial charge in [0, 0.05) is 19.7 Å². The van der Waals surface area contributed by atoms with Gasteiger partial charge in [-0.25, -0.2) is 4.79 Å². The van der Waals surface area contributed by atoms with Gasteiger partial charge in [-0.3, -0.25) is 13.9 Å². The Morgan fingerprint density at radius 1 is 0.970 bits per heavy atom. The van der Waals surface area contributed by atoms with Crippen molar-refractivity contribution in [1.29, 1.82) is 0 Å². The van der Waals surface area contributed by atoms with E-state index >= 15 is 0 Å². The molecule has 0 radical (unpaired) electrons. The van der Waals surface area contributed by atoms with Crippen LogP contribution >= 0.6 is 0 Å². The fraction of sp³-hybridized carbons (Fsp3) is 0.308. The topological polar surface area (TPSA) is 67.4 Å². The van der Waals surface area contributed by atoms with Crippen LogP contribution in [0.15, 0.2) is 64.2 Å². The first-order chi connectivity index (χ1) is 15.8. The minimum Gasteiger partial charge on any atom is -0.496 e. The lowest BCUT2D eigenvalue weighted by Crippen LogP contribution is -2.40. The maximum Gasteiger partial charge on any atom is 0.331 e. The van der Waals surface area contributed by atoms with Gasteiger partial charge in [0.05, 0.1) is 41.5 Å². The van der Waals surface area contributed by atoms with Gasteiger partial charge in [0.25, 0.3) is 5.56 Å². The van der Waals surface area contributed by atoms with Crippen molar-refractivity contribution in [3.05, 3.63) is 86.7 Å². The average molecular weight is 446 g/mol.